The van der Waals surface area contributed by atoms with Gasteiger partial charge in [-0.1, -0.05) is 253 Å². The van der Waals surface area contributed by atoms with Crippen LogP contribution >= 0.6 is 0 Å². The van der Waals surface area contributed by atoms with Gasteiger partial charge in [-0.05, 0) is 103 Å². The highest BCUT2D eigenvalue weighted by atomic mass is 16.6. The van der Waals surface area contributed by atoms with Crippen molar-refractivity contribution in [2.45, 2.75) is 284 Å². The second-order valence-corrected chi connectivity index (χ2v) is 19.5. The zero-order valence-corrected chi connectivity index (χ0v) is 46.5. The Morgan fingerprint density at radius 1 is 0.310 bits per heavy atom. The van der Waals surface area contributed by atoms with Gasteiger partial charge < -0.3 is 14.2 Å². The molecule has 0 aliphatic heterocycles. The predicted molar refractivity (Wildman–Crippen MR) is 307 cm³/mol. The third kappa shape index (κ3) is 57.1. The van der Waals surface area contributed by atoms with Gasteiger partial charge in [0, 0.05) is 12.8 Å². The summed E-state index contributed by atoms with van der Waals surface area (Å²) in [5.74, 6) is -1.05. The molecule has 0 rings (SSSR count). The number of carbonyl (C=O) groups excluding carboxylic acids is 3. The molecule has 0 heterocycles. The lowest BCUT2D eigenvalue weighted by atomic mass is 10.1. The van der Waals surface area contributed by atoms with Crippen LogP contribution in [0.15, 0.2) is 97.2 Å². The Balaban J connectivity index is 4.46. The van der Waals surface area contributed by atoms with Crippen molar-refractivity contribution >= 4 is 17.9 Å². The number of carbonyl (C=O) groups is 3. The first-order valence-electron chi connectivity index (χ1n) is 29.7. The minimum Gasteiger partial charge on any atom is -0.462 e. The third-order valence-electron chi connectivity index (χ3n) is 12.6. The molecule has 0 amide bonds. The molecular weight excluding hydrogens is 877 g/mol. The molecule has 0 spiro atoms. The normalized spacial score (nSPS) is 12.8. The van der Waals surface area contributed by atoms with Gasteiger partial charge in [-0.3, -0.25) is 14.4 Å². The van der Waals surface area contributed by atoms with E-state index in [-0.39, 0.29) is 31.6 Å². The van der Waals surface area contributed by atoms with Gasteiger partial charge in [0.1, 0.15) is 13.2 Å². The monoisotopic (exact) mass is 987 g/mol. The fourth-order valence-electron chi connectivity index (χ4n) is 8.13. The van der Waals surface area contributed by atoms with Crippen molar-refractivity contribution in [1.82, 2.24) is 0 Å². The SMILES string of the molecule is CC/C=C\C/C=C\C/C=C\C/C=C\C/C=C\CC(=O)OCC(COC(=O)CCCCCCCCCCC/C=C\CCCCCCCCCC)OC(=O)CCCCCCCCC/C=C\C/C=C\CCCCC. The molecule has 6 nitrogen and oxygen atoms in total. The van der Waals surface area contributed by atoms with Gasteiger partial charge in [-0.15, -0.1) is 0 Å². The maximum Gasteiger partial charge on any atom is 0.309 e. The van der Waals surface area contributed by atoms with Crippen LogP contribution in [0.3, 0.4) is 0 Å². The largest absolute Gasteiger partial charge is 0.462 e. The lowest BCUT2D eigenvalue weighted by molar-refractivity contribution is -0.166. The van der Waals surface area contributed by atoms with Gasteiger partial charge >= 0.3 is 17.9 Å². The van der Waals surface area contributed by atoms with Crippen LogP contribution in [0.5, 0.6) is 0 Å². The van der Waals surface area contributed by atoms with Crippen LogP contribution in [-0.4, -0.2) is 37.2 Å². The Morgan fingerprint density at radius 2 is 0.606 bits per heavy atom. The van der Waals surface area contributed by atoms with E-state index in [1.165, 1.54) is 154 Å². The maximum atomic E-state index is 12.9. The molecule has 0 saturated heterocycles. The molecule has 0 aliphatic rings. The highest BCUT2D eigenvalue weighted by Crippen LogP contribution is 2.15. The molecule has 6 heteroatoms. The summed E-state index contributed by atoms with van der Waals surface area (Å²) in [6.45, 7) is 6.42. The zero-order valence-electron chi connectivity index (χ0n) is 46.5. The van der Waals surface area contributed by atoms with Gasteiger partial charge in [0.15, 0.2) is 6.10 Å². The van der Waals surface area contributed by atoms with Gasteiger partial charge in [-0.25, -0.2) is 0 Å². The fraction of sp³-hybridized carbons (Fsp3) is 0.708. The number of hydrogen-bond acceptors (Lipinski definition) is 6. The summed E-state index contributed by atoms with van der Waals surface area (Å²) >= 11 is 0. The quantitative estimate of drug-likeness (QED) is 0.0261. The van der Waals surface area contributed by atoms with Crippen LogP contribution in [0, 0.1) is 0 Å². The van der Waals surface area contributed by atoms with Crippen LogP contribution in [0.2, 0.25) is 0 Å². The van der Waals surface area contributed by atoms with Crippen molar-refractivity contribution in [3.8, 4) is 0 Å². The van der Waals surface area contributed by atoms with Gasteiger partial charge in [0.2, 0.25) is 0 Å². The Kier molecular flexibility index (Phi) is 55.9. The summed E-state index contributed by atoms with van der Waals surface area (Å²) in [5.41, 5.74) is 0. The molecule has 1 unspecified atom stereocenters. The van der Waals surface area contributed by atoms with Crippen molar-refractivity contribution in [3.05, 3.63) is 97.2 Å². The zero-order chi connectivity index (χ0) is 51.4. The van der Waals surface area contributed by atoms with E-state index in [1.807, 2.05) is 6.08 Å². The lowest BCUT2D eigenvalue weighted by Crippen LogP contribution is -2.30. The summed E-state index contributed by atoms with van der Waals surface area (Å²) in [6.07, 6.45) is 78.6. The summed E-state index contributed by atoms with van der Waals surface area (Å²) in [4.78, 5) is 38.1. The first kappa shape index (κ1) is 67.3. The topological polar surface area (TPSA) is 78.9 Å². The highest BCUT2D eigenvalue weighted by molar-refractivity contribution is 5.72. The minimum absolute atomic E-state index is 0.112. The molecule has 0 radical (unpaired) electrons. The summed E-state index contributed by atoms with van der Waals surface area (Å²) in [7, 11) is 0. The molecule has 0 N–H and O–H groups in total. The molecule has 0 bridgehead atoms. The van der Waals surface area contributed by atoms with E-state index in [2.05, 4.69) is 106 Å². The third-order valence-corrected chi connectivity index (χ3v) is 12.6. The van der Waals surface area contributed by atoms with Crippen LogP contribution in [0.4, 0.5) is 0 Å². The van der Waals surface area contributed by atoms with E-state index < -0.39 is 12.1 Å². The second-order valence-electron chi connectivity index (χ2n) is 19.5. The van der Waals surface area contributed by atoms with Crippen LogP contribution in [0.1, 0.15) is 278 Å². The van der Waals surface area contributed by atoms with Gasteiger partial charge in [0.25, 0.3) is 0 Å². The first-order chi connectivity index (χ1) is 35.0. The Labute approximate surface area is 438 Å². The number of hydrogen-bond donors (Lipinski definition) is 0. The molecular formula is C65H110O6. The fourth-order valence-corrected chi connectivity index (χ4v) is 8.13. The molecule has 406 valence electrons. The number of esters is 3. The lowest BCUT2D eigenvalue weighted by Gasteiger charge is -2.18. The first-order valence-corrected chi connectivity index (χ1v) is 29.7. The maximum absolute atomic E-state index is 12.9. The van der Waals surface area contributed by atoms with Crippen LogP contribution in [0.25, 0.3) is 0 Å². The molecule has 0 aromatic rings. The number of unbranched alkanes of at least 4 members (excludes halogenated alkanes) is 27. The number of allylic oxidation sites excluding steroid dienone is 15. The van der Waals surface area contributed by atoms with E-state index in [9.17, 15) is 14.4 Å². The second kappa shape index (κ2) is 58.9. The Bertz CT molecular complexity index is 1410. The predicted octanol–water partition coefficient (Wildman–Crippen LogP) is 20.1. The van der Waals surface area contributed by atoms with E-state index in [0.717, 1.165) is 83.5 Å². The van der Waals surface area contributed by atoms with Gasteiger partial charge in [0.05, 0.1) is 6.42 Å². The number of rotatable bonds is 53. The van der Waals surface area contributed by atoms with E-state index in [0.29, 0.717) is 12.8 Å². The minimum atomic E-state index is -0.824. The van der Waals surface area contributed by atoms with E-state index >= 15 is 0 Å². The summed E-state index contributed by atoms with van der Waals surface area (Å²) < 4.78 is 16.8. The Morgan fingerprint density at radius 3 is 1.03 bits per heavy atom. The van der Waals surface area contributed by atoms with E-state index in [1.54, 1.807) is 6.08 Å². The molecule has 71 heavy (non-hydrogen) atoms. The highest BCUT2D eigenvalue weighted by Gasteiger charge is 2.19. The van der Waals surface area contributed by atoms with Crippen LogP contribution < -0.4 is 0 Å². The van der Waals surface area contributed by atoms with Crippen LogP contribution in [-0.2, 0) is 28.6 Å². The smallest absolute Gasteiger partial charge is 0.309 e. The van der Waals surface area contributed by atoms with Crippen molar-refractivity contribution in [2.24, 2.45) is 0 Å². The van der Waals surface area contributed by atoms with Crippen molar-refractivity contribution in [1.29, 1.82) is 0 Å². The van der Waals surface area contributed by atoms with Crippen molar-refractivity contribution in [3.63, 3.8) is 0 Å². The number of ether oxygens (including phenoxy) is 3. The summed E-state index contributed by atoms with van der Waals surface area (Å²) in [5, 5.41) is 0. The van der Waals surface area contributed by atoms with Gasteiger partial charge in [-0.2, -0.15) is 0 Å². The molecule has 0 aromatic heterocycles. The molecule has 0 saturated carbocycles. The standard InChI is InChI=1S/C65H110O6/c1-4-7-10-13-16-19-22-25-28-30-31-32-33-35-37-40-43-46-49-52-55-58-64(67)70-61-62(60-69-63(66)57-54-51-48-45-42-39-36-27-24-21-18-15-12-9-6-3)71-65(68)59-56-53-50-47-44-41-38-34-29-26-23-20-17-14-11-8-5-2/h9,12,17-18,20-21,26-27,29-31,36,42,45,51,54,62H,4-8,10-11,13-16,19,22-25,28,32-35,37-41,43-44,46-50,52-53,55-61H2,1-3H3/b12-9-,20-17-,21-18-,29-26-,31-30-,36-27-,45-42-,54-51-. The summed E-state index contributed by atoms with van der Waals surface area (Å²) in [6, 6.07) is 0. The van der Waals surface area contributed by atoms with Crippen molar-refractivity contribution < 1.29 is 28.6 Å². The molecule has 1 atom stereocenters. The molecule has 0 fully saturated rings. The average Bonchev–Trinajstić information content (AvgIpc) is 3.37. The molecule has 0 aromatic carbocycles. The van der Waals surface area contributed by atoms with Crippen molar-refractivity contribution in [2.75, 3.05) is 13.2 Å². The average molecular weight is 988 g/mol. The Hall–Kier alpha value is -3.67. The molecule has 0 aliphatic carbocycles. The van der Waals surface area contributed by atoms with E-state index in [4.69, 9.17) is 14.2 Å².